The quantitative estimate of drug-likeness (QED) is 0.594. The molecular formula is C12H18N6O. The third-order valence-electron chi connectivity index (χ3n) is 2.94. The topological polar surface area (TPSA) is 90.9 Å². The molecule has 0 aliphatic carbocycles. The molecule has 0 saturated heterocycles. The molecule has 2 aromatic heterocycles. The van der Waals surface area contributed by atoms with Gasteiger partial charge in [-0.05, 0) is 19.1 Å². The second-order valence-electron chi connectivity index (χ2n) is 4.32. The Hall–Kier alpha value is -1.99. The zero-order valence-electron chi connectivity index (χ0n) is 11.3. The van der Waals surface area contributed by atoms with Crippen LogP contribution in [-0.4, -0.2) is 27.1 Å². The molecule has 7 nitrogen and oxygen atoms in total. The number of hydrogen-bond acceptors (Lipinski definition) is 6. The van der Waals surface area contributed by atoms with Gasteiger partial charge in [-0.2, -0.15) is 10.2 Å². The van der Waals surface area contributed by atoms with E-state index >= 15 is 0 Å². The van der Waals surface area contributed by atoms with Crippen LogP contribution in [0.5, 0.6) is 5.88 Å². The van der Waals surface area contributed by atoms with Gasteiger partial charge in [-0.25, -0.2) is 0 Å². The summed E-state index contributed by atoms with van der Waals surface area (Å²) in [7, 11) is 3.47. The summed E-state index contributed by atoms with van der Waals surface area (Å²) in [6, 6.07) is 5.52. The van der Waals surface area contributed by atoms with Crippen molar-refractivity contribution in [2.24, 2.45) is 12.9 Å². The van der Waals surface area contributed by atoms with Crippen LogP contribution >= 0.6 is 0 Å². The minimum atomic E-state index is -0.117. The van der Waals surface area contributed by atoms with E-state index in [2.05, 4.69) is 20.7 Å². The van der Waals surface area contributed by atoms with Gasteiger partial charge in [0.15, 0.2) is 0 Å². The fourth-order valence-electron chi connectivity index (χ4n) is 1.94. The van der Waals surface area contributed by atoms with Crippen LogP contribution in [0.3, 0.4) is 0 Å². The molecule has 2 aromatic rings. The molecule has 0 aliphatic heterocycles. The lowest BCUT2D eigenvalue weighted by molar-refractivity contribution is 0.389. The number of aromatic nitrogens is 4. The maximum Gasteiger partial charge on any atom is 0.233 e. The molecular weight excluding hydrogens is 244 g/mol. The smallest absolute Gasteiger partial charge is 0.233 e. The van der Waals surface area contributed by atoms with E-state index in [1.54, 1.807) is 13.2 Å². The normalized spacial score (nSPS) is 12.4. The number of nitrogens with two attached hydrogens (primary N) is 1. The van der Waals surface area contributed by atoms with E-state index in [0.29, 0.717) is 12.3 Å². The summed E-state index contributed by atoms with van der Waals surface area (Å²) in [6.45, 7) is 1.96. The fraction of sp³-hybridized carbons (Fsp3) is 0.417. The molecule has 1 unspecified atom stereocenters. The van der Waals surface area contributed by atoms with Gasteiger partial charge in [0.05, 0.1) is 24.5 Å². The number of methoxy groups -OCH3 is 1. The Morgan fingerprint density at radius 1 is 1.42 bits per heavy atom. The summed E-state index contributed by atoms with van der Waals surface area (Å²) in [5.41, 5.74) is 5.58. The number of aryl methyl sites for hydroxylation is 2. The predicted molar refractivity (Wildman–Crippen MR) is 70.3 cm³/mol. The summed E-state index contributed by atoms with van der Waals surface area (Å²) in [5, 5.41) is 12.4. The lowest BCUT2D eigenvalue weighted by Gasteiger charge is -2.14. The maximum atomic E-state index is 5.60. The van der Waals surface area contributed by atoms with Crippen molar-refractivity contribution >= 4 is 0 Å². The average molecular weight is 262 g/mol. The number of nitrogens with one attached hydrogen (secondary N) is 1. The van der Waals surface area contributed by atoms with E-state index < -0.39 is 0 Å². The summed E-state index contributed by atoms with van der Waals surface area (Å²) in [4.78, 5) is 0. The van der Waals surface area contributed by atoms with Crippen molar-refractivity contribution in [1.82, 2.24) is 25.4 Å². The molecule has 0 saturated carbocycles. The van der Waals surface area contributed by atoms with Gasteiger partial charge in [0.1, 0.15) is 0 Å². The molecule has 2 heterocycles. The maximum absolute atomic E-state index is 5.60. The Morgan fingerprint density at radius 3 is 2.68 bits per heavy atom. The third kappa shape index (κ3) is 3.07. The molecule has 0 spiro atoms. The van der Waals surface area contributed by atoms with Gasteiger partial charge in [0.2, 0.25) is 5.88 Å². The Bertz CT molecular complexity index is 536. The molecule has 0 amide bonds. The molecule has 3 N–H and O–H groups in total. The van der Waals surface area contributed by atoms with E-state index in [-0.39, 0.29) is 6.04 Å². The molecule has 2 rings (SSSR count). The van der Waals surface area contributed by atoms with E-state index in [1.165, 1.54) is 0 Å². The van der Waals surface area contributed by atoms with Crippen LogP contribution in [0.2, 0.25) is 0 Å². The monoisotopic (exact) mass is 262 g/mol. The van der Waals surface area contributed by atoms with E-state index in [0.717, 1.165) is 17.1 Å². The van der Waals surface area contributed by atoms with Crippen LogP contribution in [0.1, 0.15) is 23.1 Å². The minimum absolute atomic E-state index is 0.117. The van der Waals surface area contributed by atoms with Gasteiger partial charge in [-0.1, -0.05) is 0 Å². The highest BCUT2D eigenvalue weighted by atomic mass is 16.5. The van der Waals surface area contributed by atoms with E-state index in [9.17, 15) is 0 Å². The predicted octanol–water partition coefficient (Wildman–Crippen LogP) is 0.274. The van der Waals surface area contributed by atoms with E-state index in [4.69, 9.17) is 10.6 Å². The number of rotatable bonds is 5. The van der Waals surface area contributed by atoms with Crippen LogP contribution < -0.4 is 16.0 Å². The summed E-state index contributed by atoms with van der Waals surface area (Å²) in [5.74, 6) is 6.08. The van der Waals surface area contributed by atoms with Crippen molar-refractivity contribution in [3.05, 3.63) is 35.3 Å². The first-order valence-corrected chi connectivity index (χ1v) is 5.97. The molecule has 0 fully saturated rings. The van der Waals surface area contributed by atoms with Gasteiger partial charge in [-0.3, -0.25) is 16.0 Å². The standard InChI is InChI=1S/C12H18N6O/c1-8-6-9(18(2)17-8)7-11(14-13)10-4-5-12(19-3)16-15-10/h4-6,11,14H,7,13H2,1-3H3. The molecule has 0 radical (unpaired) electrons. The van der Waals surface area contributed by atoms with Gasteiger partial charge in [0, 0.05) is 25.2 Å². The van der Waals surface area contributed by atoms with E-state index in [1.807, 2.05) is 30.8 Å². The van der Waals surface area contributed by atoms with Crippen LogP contribution in [0.25, 0.3) is 0 Å². The Morgan fingerprint density at radius 2 is 2.21 bits per heavy atom. The summed E-state index contributed by atoms with van der Waals surface area (Å²) >= 11 is 0. The number of hydrazine groups is 1. The minimum Gasteiger partial charge on any atom is -0.480 e. The molecule has 102 valence electrons. The Kier molecular flexibility index (Phi) is 4.08. The van der Waals surface area contributed by atoms with Crippen molar-refractivity contribution in [3.63, 3.8) is 0 Å². The molecule has 19 heavy (non-hydrogen) atoms. The Balaban J connectivity index is 2.17. The molecule has 7 heteroatoms. The van der Waals surface area contributed by atoms with Crippen molar-refractivity contribution in [2.45, 2.75) is 19.4 Å². The Labute approximate surface area is 111 Å². The average Bonchev–Trinajstić information content (AvgIpc) is 2.74. The second-order valence-corrected chi connectivity index (χ2v) is 4.32. The lowest BCUT2D eigenvalue weighted by Crippen LogP contribution is -2.31. The van der Waals surface area contributed by atoms with Gasteiger partial charge in [0.25, 0.3) is 0 Å². The SMILES string of the molecule is COc1ccc(C(Cc2cc(C)nn2C)NN)nn1. The van der Waals surface area contributed by atoms with Crippen LogP contribution in [0.15, 0.2) is 18.2 Å². The fourth-order valence-corrected chi connectivity index (χ4v) is 1.94. The summed E-state index contributed by atoms with van der Waals surface area (Å²) < 4.78 is 6.83. The zero-order chi connectivity index (χ0) is 13.8. The van der Waals surface area contributed by atoms with Crippen LogP contribution in [0, 0.1) is 6.92 Å². The molecule has 1 atom stereocenters. The first-order valence-electron chi connectivity index (χ1n) is 5.97. The first kappa shape index (κ1) is 13.4. The van der Waals surface area contributed by atoms with Gasteiger partial charge >= 0.3 is 0 Å². The molecule has 0 aromatic carbocycles. The van der Waals surface area contributed by atoms with Crippen molar-refractivity contribution in [3.8, 4) is 5.88 Å². The van der Waals surface area contributed by atoms with Crippen molar-refractivity contribution < 1.29 is 4.74 Å². The van der Waals surface area contributed by atoms with Gasteiger partial charge < -0.3 is 4.74 Å². The van der Waals surface area contributed by atoms with Crippen molar-refractivity contribution in [2.75, 3.05) is 7.11 Å². The lowest BCUT2D eigenvalue weighted by atomic mass is 10.1. The van der Waals surface area contributed by atoms with Crippen LogP contribution in [0.4, 0.5) is 0 Å². The highest BCUT2D eigenvalue weighted by molar-refractivity contribution is 5.17. The number of hydrogen-bond donors (Lipinski definition) is 2. The van der Waals surface area contributed by atoms with Crippen LogP contribution in [-0.2, 0) is 13.5 Å². The largest absolute Gasteiger partial charge is 0.480 e. The number of ether oxygens (including phenoxy) is 1. The summed E-state index contributed by atoms with van der Waals surface area (Å²) in [6.07, 6.45) is 0.689. The number of nitrogens with zero attached hydrogens (tertiary/aromatic N) is 4. The first-order chi connectivity index (χ1) is 9.13. The molecule has 0 bridgehead atoms. The van der Waals surface area contributed by atoms with Gasteiger partial charge in [-0.15, -0.1) is 5.10 Å². The highest BCUT2D eigenvalue weighted by Crippen LogP contribution is 2.17. The molecule has 0 aliphatic rings. The zero-order valence-corrected chi connectivity index (χ0v) is 11.3. The highest BCUT2D eigenvalue weighted by Gasteiger charge is 2.15. The third-order valence-corrected chi connectivity index (χ3v) is 2.94. The second kappa shape index (κ2) is 5.77. The van der Waals surface area contributed by atoms with Crippen molar-refractivity contribution in [1.29, 1.82) is 0 Å².